The van der Waals surface area contributed by atoms with Gasteiger partial charge in [0.2, 0.25) is 5.91 Å². The van der Waals surface area contributed by atoms with Crippen molar-refractivity contribution in [3.05, 3.63) is 70.3 Å². The van der Waals surface area contributed by atoms with Crippen molar-refractivity contribution in [2.45, 2.75) is 33.2 Å². The molecule has 1 aliphatic heterocycles. The molecule has 0 spiro atoms. The highest BCUT2D eigenvalue weighted by Gasteiger charge is 2.28. The highest BCUT2D eigenvalue weighted by molar-refractivity contribution is 5.94. The molecule has 0 saturated carbocycles. The molecule has 2 amide bonds. The molecule has 0 aliphatic carbocycles. The summed E-state index contributed by atoms with van der Waals surface area (Å²) in [6, 6.07) is 9.39. The van der Waals surface area contributed by atoms with Crippen LogP contribution in [0.3, 0.4) is 0 Å². The van der Waals surface area contributed by atoms with Crippen LogP contribution in [0.2, 0.25) is 0 Å². The van der Waals surface area contributed by atoms with Gasteiger partial charge >= 0.3 is 0 Å². The molecule has 1 aliphatic rings. The zero-order valence-electron chi connectivity index (χ0n) is 16.1. The molecule has 3 rings (SSSR count). The highest BCUT2D eigenvalue weighted by atomic mass is 19.1. The molecule has 1 fully saturated rings. The summed E-state index contributed by atoms with van der Waals surface area (Å²) < 4.78 is 27.3. The number of carbonyl (C=O) groups excluding carboxylic acids is 2. The van der Waals surface area contributed by atoms with Gasteiger partial charge in [-0.25, -0.2) is 8.78 Å². The Morgan fingerprint density at radius 3 is 2.21 bits per heavy atom. The minimum atomic E-state index is -0.396. The van der Waals surface area contributed by atoms with Gasteiger partial charge in [-0.3, -0.25) is 9.59 Å². The van der Waals surface area contributed by atoms with E-state index in [1.54, 1.807) is 43.0 Å². The number of halogens is 2. The maximum atomic E-state index is 13.7. The molecule has 2 aromatic rings. The van der Waals surface area contributed by atoms with Crippen LogP contribution in [0.15, 0.2) is 36.4 Å². The monoisotopic (exact) mass is 386 g/mol. The molecule has 1 saturated heterocycles. The first-order chi connectivity index (χ1) is 13.3. The Kier molecular flexibility index (Phi) is 6.07. The van der Waals surface area contributed by atoms with Crippen LogP contribution in [0.1, 0.15) is 39.9 Å². The first-order valence-electron chi connectivity index (χ1n) is 9.43. The number of carbonyl (C=O) groups is 2. The predicted octanol–water partition coefficient (Wildman–Crippen LogP) is 3.75. The van der Waals surface area contributed by atoms with Gasteiger partial charge in [-0.15, -0.1) is 0 Å². The van der Waals surface area contributed by atoms with Crippen LogP contribution >= 0.6 is 0 Å². The largest absolute Gasteiger partial charge is 0.352 e. The van der Waals surface area contributed by atoms with Crippen LogP contribution in [0.5, 0.6) is 0 Å². The zero-order chi connectivity index (χ0) is 20.3. The average Bonchev–Trinajstić information content (AvgIpc) is 2.70. The van der Waals surface area contributed by atoms with E-state index in [0.29, 0.717) is 48.2 Å². The van der Waals surface area contributed by atoms with E-state index in [9.17, 15) is 18.4 Å². The van der Waals surface area contributed by atoms with E-state index in [4.69, 9.17) is 0 Å². The molecular formula is C22H24F2N2O2. The molecule has 2 aromatic carbocycles. The second-order valence-electron chi connectivity index (χ2n) is 7.33. The fraction of sp³-hybridized carbons (Fsp3) is 0.364. The Bertz CT molecular complexity index is 890. The van der Waals surface area contributed by atoms with E-state index in [1.165, 1.54) is 12.1 Å². The van der Waals surface area contributed by atoms with Gasteiger partial charge < -0.3 is 10.2 Å². The third-order valence-electron chi connectivity index (χ3n) is 5.27. The topological polar surface area (TPSA) is 49.4 Å². The van der Waals surface area contributed by atoms with Crippen molar-refractivity contribution in [3.63, 3.8) is 0 Å². The van der Waals surface area contributed by atoms with Gasteiger partial charge in [-0.05, 0) is 61.6 Å². The summed E-state index contributed by atoms with van der Waals surface area (Å²) >= 11 is 0. The van der Waals surface area contributed by atoms with Crippen molar-refractivity contribution >= 4 is 11.8 Å². The van der Waals surface area contributed by atoms with E-state index in [0.717, 1.165) is 0 Å². The number of piperidine rings is 1. The van der Waals surface area contributed by atoms with Crippen molar-refractivity contribution in [1.29, 1.82) is 0 Å². The molecule has 0 atom stereocenters. The quantitative estimate of drug-likeness (QED) is 0.870. The maximum absolute atomic E-state index is 13.7. The molecule has 4 nitrogen and oxygen atoms in total. The molecule has 0 bridgehead atoms. The number of nitrogens with one attached hydrogen (secondary N) is 1. The number of nitrogens with zero attached hydrogens (tertiary/aromatic N) is 1. The lowest BCUT2D eigenvalue weighted by Gasteiger charge is -2.31. The fourth-order valence-electron chi connectivity index (χ4n) is 3.33. The van der Waals surface area contributed by atoms with Crippen LogP contribution in [-0.4, -0.2) is 29.8 Å². The number of amides is 2. The van der Waals surface area contributed by atoms with Gasteiger partial charge in [0.25, 0.3) is 5.91 Å². The van der Waals surface area contributed by atoms with Gasteiger partial charge in [0.05, 0.1) is 0 Å². The number of rotatable bonds is 4. The third-order valence-corrected chi connectivity index (χ3v) is 5.27. The summed E-state index contributed by atoms with van der Waals surface area (Å²) in [5.74, 6) is -1.17. The Hall–Kier alpha value is -2.76. The molecule has 28 heavy (non-hydrogen) atoms. The molecular weight excluding hydrogens is 362 g/mol. The maximum Gasteiger partial charge on any atom is 0.253 e. The molecule has 1 heterocycles. The predicted molar refractivity (Wildman–Crippen MR) is 103 cm³/mol. The van der Waals surface area contributed by atoms with Gasteiger partial charge in [0.1, 0.15) is 11.6 Å². The third kappa shape index (κ3) is 4.55. The molecule has 6 heteroatoms. The summed E-state index contributed by atoms with van der Waals surface area (Å²) in [5.41, 5.74) is 2.11. The number of likely N-dealkylation sites (tertiary alicyclic amines) is 1. The summed E-state index contributed by atoms with van der Waals surface area (Å²) in [6.45, 7) is 4.52. The van der Waals surface area contributed by atoms with E-state index in [2.05, 4.69) is 5.32 Å². The lowest BCUT2D eigenvalue weighted by atomic mass is 9.95. The van der Waals surface area contributed by atoms with E-state index < -0.39 is 5.82 Å². The molecule has 148 valence electrons. The Balaban J connectivity index is 1.51. The van der Waals surface area contributed by atoms with Gasteiger partial charge in [0, 0.05) is 31.1 Å². The normalized spacial score (nSPS) is 14.8. The smallest absolute Gasteiger partial charge is 0.253 e. The summed E-state index contributed by atoms with van der Waals surface area (Å²) in [4.78, 5) is 26.6. The number of benzene rings is 2. The van der Waals surface area contributed by atoms with Crippen LogP contribution in [0, 0.1) is 31.4 Å². The van der Waals surface area contributed by atoms with E-state index in [1.807, 2.05) is 0 Å². The summed E-state index contributed by atoms with van der Waals surface area (Å²) in [5, 5.41) is 2.85. The van der Waals surface area contributed by atoms with Crippen LogP contribution in [-0.2, 0) is 11.3 Å². The van der Waals surface area contributed by atoms with Crippen LogP contribution < -0.4 is 5.32 Å². The lowest BCUT2D eigenvalue weighted by Crippen LogP contribution is -2.43. The van der Waals surface area contributed by atoms with E-state index >= 15 is 0 Å². The lowest BCUT2D eigenvalue weighted by molar-refractivity contribution is -0.126. The van der Waals surface area contributed by atoms with Gasteiger partial charge in [-0.1, -0.05) is 18.2 Å². The Labute approximate surface area is 163 Å². The summed E-state index contributed by atoms with van der Waals surface area (Å²) in [7, 11) is 0. The first-order valence-corrected chi connectivity index (χ1v) is 9.43. The molecule has 0 aromatic heterocycles. The summed E-state index contributed by atoms with van der Waals surface area (Å²) in [6.07, 6.45) is 1.10. The van der Waals surface area contributed by atoms with Crippen molar-refractivity contribution in [2.24, 2.45) is 5.92 Å². The molecule has 1 N–H and O–H groups in total. The van der Waals surface area contributed by atoms with Gasteiger partial charge in [-0.2, -0.15) is 0 Å². The molecule has 0 unspecified atom stereocenters. The average molecular weight is 386 g/mol. The number of hydrogen-bond donors (Lipinski definition) is 1. The zero-order valence-corrected chi connectivity index (χ0v) is 16.1. The van der Waals surface area contributed by atoms with E-state index in [-0.39, 0.29) is 30.1 Å². The van der Waals surface area contributed by atoms with Crippen molar-refractivity contribution in [2.75, 3.05) is 13.1 Å². The number of hydrogen-bond acceptors (Lipinski definition) is 2. The van der Waals surface area contributed by atoms with Gasteiger partial charge in [0.15, 0.2) is 0 Å². The fourth-order valence-corrected chi connectivity index (χ4v) is 3.33. The van der Waals surface area contributed by atoms with Crippen LogP contribution in [0.4, 0.5) is 8.78 Å². The SMILES string of the molecule is Cc1ccc(CNC(=O)C2CCN(C(=O)c3ccc(C)c(F)c3)CC2)cc1F. The second-order valence-corrected chi connectivity index (χ2v) is 7.33. The Morgan fingerprint density at radius 1 is 1.00 bits per heavy atom. The standard InChI is InChI=1S/C22H24F2N2O2/c1-14-3-5-16(11-19(14)23)13-25-21(27)17-7-9-26(10-8-17)22(28)18-6-4-15(2)20(24)12-18/h3-6,11-12,17H,7-10,13H2,1-2H3,(H,25,27). The highest BCUT2D eigenvalue weighted by Crippen LogP contribution is 2.20. The number of aryl methyl sites for hydroxylation is 2. The second kappa shape index (κ2) is 8.50. The Morgan fingerprint density at radius 2 is 1.61 bits per heavy atom. The minimum absolute atomic E-state index is 0.0885. The minimum Gasteiger partial charge on any atom is -0.352 e. The van der Waals surface area contributed by atoms with Crippen molar-refractivity contribution in [3.8, 4) is 0 Å². The van der Waals surface area contributed by atoms with Crippen molar-refractivity contribution in [1.82, 2.24) is 10.2 Å². The van der Waals surface area contributed by atoms with Crippen molar-refractivity contribution < 1.29 is 18.4 Å². The molecule has 0 radical (unpaired) electrons. The first kappa shape index (κ1) is 20.0. The van der Waals surface area contributed by atoms with Crippen LogP contribution in [0.25, 0.3) is 0 Å².